The number of carbonyl (C=O) groups excluding carboxylic acids is 1. The van der Waals surface area contributed by atoms with Crippen LogP contribution in [0.15, 0.2) is 36.5 Å². The second-order valence-corrected chi connectivity index (χ2v) is 4.64. The third-order valence-corrected chi connectivity index (χ3v) is 3.18. The van der Waals surface area contributed by atoms with Crippen molar-refractivity contribution in [1.29, 1.82) is 0 Å². The summed E-state index contributed by atoms with van der Waals surface area (Å²) in [6.07, 6.45) is 1.10. The van der Waals surface area contributed by atoms with E-state index in [1.165, 1.54) is 0 Å². The second kappa shape index (κ2) is 5.72. The van der Waals surface area contributed by atoms with Crippen LogP contribution in [0, 0.1) is 0 Å². The number of aromatic amines is 1. The summed E-state index contributed by atoms with van der Waals surface area (Å²) < 4.78 is 4.84. The van der Waals surface area contributed by atoms with Gasteiger partial charge in [0.15, 0.2) is 0 Å². The van der Waals surface area contributed by atoms with E-state index < -0.39 is 6.09 Å². The molecule has 0 saturated carbocycles. The van der Waals surface area contributed by atoms with Crippen LogP contribution in [-0.2, 0) is 4.74 Å². The first kappa shape index (κ1) is 13.9. The van der Waals surface area contributed by atoms with Gasteiger partial charge in [-0.05, 0) is 42.3 Å². The molecular weight excluding hydrogens is 282 g/mol. The fourth-order valence-electron chi connectivity index (χ4n) is 2.16. The highest BCUT2D eigenvalue weighted by atomic mass is 16.5. The number of amides is 1. The predicted molar refractivity (Wildman–Crippen MR) is 84.4 cm³/mol. The van der Waals surface area contributed by atoms with Crippen LogP contribution in [0.1, 0.15) is 6.92 Å². The number of nitrogen functional groups attached to an aromatic ring is 1. The average Bonchev–Trinajstić information content (AvgIpc) is 2.89. The summed E-state index contributed by atoms with van der Waals surface area (Å²) in [4.78, 5) is 15.5. The number of hydrogen-bond donors (Lipinski definition) is 3. The van der Waals surface area contributed by atoms with Gasteiger partial charge in [-0.3, -0.25) is 10.4 Å². The van der Waals surface area contributed by atoms with Gasteiger partial charge >= 0.3 is 6.09 Å². The number of aromatic nitrogens is 3. The van der Waals surface area contributed by atoms with Crippen LogP contribution >= 0.6 is 0 Å². The number of fused-ring (bicyclic) bond motifs is 1. The lowest BCUT2D eigenvalue weighted by molar-refractivity contribution is 0.168. The van der Waals surface area contributed by atoms with E-state index >= 15 is 0 Å². The summed E-state index contributed by atoms with van der Waals surface area (Å²) in [5.41, 5.74) is 8.51. The van der Waals surface area contributed by atoms with E-state index in [0.29, 0.717) is 18.2 Å². The predicted octanol–water partition coefficient (Wildman–Crippen LogP) is 2.78. The van der Waals surface area contributed by atoms with Crippen LogP contribution < -0.4 is 11.1 Å². The minimum Gasteiger partial charge on any atom is -0.450 e. The molecule has 0 aliphatic rings. The minimum atomic E-state index is -0.526. The van der Waals surface area contributed by atoms with Crippen molar-refractivity contribution in [1.82, 2.24) is 15.2 Å². The number of benzene rings is 1. The number of nitrogens with one attached hydrogen (secondary N) is 2. The van der Waals surface area contributed by atoms with Crippen molar-refractivity contribution >= 4 is 28.6 Å². The molecule has 7 heteroatoms. The van der Waals surface area contributed by atoms with Crippen molar-refractivity contribution in [3.05, 3.63) is 36.5 Å². The molecule has 0 aliphatic heterocycles. The SMILES string of the molecule is CCOC(=O)Nc1cc(-c2ccc3n[nH]c(N)c3c2)ccn1. The highest BCUT2D eigenvalue weighted by Crippen LogP contribution is 2.27. The Hall–Kier alpha value is -3.09. The third-order valence-electron chi connectivity index (χ3n) is 3.18. The lowest BCUT2D eigenvalue weighted by atomic mass is 10.0. The maximum absolute atomic E-state index is 11.4. The molecule has 112 valence electrons. The number of rotatable bonds is 3. The lowest BCUT2D eigenvalue weighted by Gasteiger charge is -2.07. The van der Waals surface area contributed by atoms with Gasteiger partial charge < -0.3 is 10.5 Å². The zero-order valence-corrected chi connectivity index (χ0v) is 12.0. The molecule has 0 saturated heterocycles. The molecule has 0 radical (unpaired) electrons. The van der Waals surface area contributed by atoms with Crippen LogP contribution in [0.4, 0.5) is 16.4 Å². The Labute approximate surface area is 126 Å². The number of nitrogens with zero attached hydrogens (tertiary/aromatic N) is 2. The summed E-state index contributed by atoms with van der Waals surface area (Å²) in [7, 11) is 0. The summed E-state index contributed by atoms with van der Waals surface area (Å²) in [6.45, 7) is 2.05. The normalized spacial score (nSPS) is 10.6. The number of hydrogen-bond acceptors (Lipinski definition) is 5. The van der Waals surface area contributed by atoms with Crippen LogP contribution in [0.5, 0.6) is 0 Å². The Kier molecular flexibility index (Phi) is 3.61. The van der Waals surface area contributed by atoms with E-state index in [0.717, 1.165) is 22.0 Å². The van der Waals surface area contributed by atoms with Crippen LogP contribution in [0.3, 0.4) is 0 Å². The molecule has 7 nitrogen and oxygen atoms in total. The molecule has 2 heterocycles. The topological polar surface area (TPSA) is 106 Å². The van der Waals surface area contributed by atoms with E-state index in [9.17, 15) is 4.79 Å². The van der Waals surface area contributed by atoms with E-state index in [-0.39, 0.29) is 0 Å². The summed E-state index contributed by atoms with van der Waals surface area (Å²) in [5, 5.41) is 10.3. The molecule has 3 aromatic rings. The number of pyridine rings is 1. The summed E-state index contributed by atoms with van der Waals surface area (Å²) in [6, 6.07) is 9.39. The van der Waals surface area contributed by atoms with Gasteiger partial charge in [-0.2, -0.15) is 5.10 Å². The largest absolute Gasteiger partial charge is 0.450 e. The van der Waals surface area contributed by atoms with Gasteiger partial charge in [0.05, 0.1) is 12.1 Å². The molecule has 0 unspecified atom stereocenters. The monoisotopic (exact) mass is 297 g/mol. The van der Waals surface area contributed by atoms with Gasteiger partial charge in [0.2, 0.25) is 0 Å². The van der Waals surface area contributed by atoms with Gasteiger partial charge in [0, 0.05) is 11.6 Å². The zero-order valence-electron chi connectivity index (χ0n) is 12.0. The standard InChI is InChI=1S/C15H15N5O2/c1-2-22-15(21)18-13-8-10(5-6-17-13)9-3-4-12-11(7-9)14(16)20-19-12/h3-8H,2H2,1H3,(H3,16,19,20)(H,17,18,21). The molecule has 3 rings (SSSR count). The van der Waals surface area contributed by atoms with Gasteiger partial charge in [-0.1, -0.05) is 6.07 Å². The average molecular weight is 297 g/mol. The Morgan fingerprint density at radius 3 is 2.95 bits per heavy atom. The first-order valence-corrected chi connectivity index (χ1v) is 6.81. The Morgan fingerprint density at radius 1 is 1.32 bits per heavy atom. The smallest absolute Gasteiger partial charge is 0.412 e. The molecule has 2 aromatic heterocycles. The molecule has 0 atom stereocenters. The number of carbonyl (C=O) groups is 1. The van der Waals surface area contributed by atoms with Gasteiger partial charge in [-0.25, -0.2) is 9.78 Å². The van der Waals surface area contributed by atoms with Crippen LogP contribution in [0.25, 0.3) is 22.0 Å². The van der Waals surface area contributed by atoms with Crippen molar-refractivity contribution in [2.75, 3.05) is 17.7 Å². The number of anilines is 2. The fraction of sp³-hybridized carbons (Fsp3) is 0.133. The minimum absolute atomic E-state index is 0.307. The molecule has 0 spiro atoms. The molecule has 0 fully saturated rings. The highest BCUT2D eigenvalue weighted by Gasteiger charge is 2.07. The number of ether oxygens (including phenoxy) is 1. The van der Waals surface area contributed by atoms with E-state index in [1.54, 1.807) is 19.2 Å². The van der Waals surface area contributed by atoms with Crippen molar-refractivity contribution in [2.24, 2.45) is 0 Å². The molecule has 0 aliphatic carbocycles. The number of H-pyrrole nitrogens is 1. The van der Waals surface area contributed by atoms with Crippen LogP contribution in [0.2, 0.25) is 0 Å². The summed E-state index contributed by atoms with van der Waals surface area (Å²) in [5.74, 6) is 0.951. The summed E-state index contributed by atoms with van der Waals surface area (Å²) >= 11 is 0. The van der Waals surface area contributed by atoms with Crippen molar-refractivity contribution < 1.29 is 9.53 Å². The first-order chi connectivity index (χ1) is 10.7. The maximum atomic E-state index is 11.4. The fourth-order valence-corrected chi connectivity index (χ4v) is 2.16. The van der Waals surface area contributed by atoms with E-state index in [2.05, 4.69) is 20.5 Å². The second-order valence-electron chi connectivity index (χ2n) is 4.64. The quantitative estimate of drug-likeness (QED) is 0.689. The molecule has 4 N–H and O–H groups in total. The Morgan fingerprint density at radius 2 is 2.14 bits per heavy atom. The number of nitrogens with two attached hydrogens (primary N) is 1. The van der Waals surface area contributed by atoms with Crippen molar-refractivity contribution in [2.45, 2.75) is 6.92 Å². The Bertz CT molecular complexity index is 828. The van der Waals surface area contributed by atoms with E-state index in [1.807, 2.05) is 24.3 Å². The first-order valence-electron chi connectivity index (χ1n) is 6.81. The van der Waals surface area contributed by atoms with Gasteiger partial charge in [0.25, 0.3) is 0 Å². The molecule has 0 bridgehead atoms. The van der Waals surface area contributed by atoms with Crippen molar-refractivity contribution in [3.8, 4) is 11.1 Å². The van der Waals surface area contributed by atoms with Gasteiger partial charge in [0.1, 0.15) is 11.6 Å². The maximum Gasteiger partial charge on any atom is 0.412 e. The molecule has 1 amide bonds. The molecule has 1 aromatic carbocycles. The Balaban J connectivity index is 1.92. The van der Waals surface area contributed by atoms with Gasteiger partial charge in [-0.15, -0.1) is 0 Å². The van der Waals surface area contributed by atoms with Crippen molar-refractivity contribution in [3.63, 3.8) is 0 Å². The van der Waals surface area contributed by atoms with E-state index in [4.69, 9.17) is 10.5 Å². The molecular formula is C15H15N5O2. The van der Waals surface area contributed by atoms with Crippen LogP contribution in [-0.4, -0.2) is 27.9 Å². The molecule has 22 heavy (non-hydrogen) atoms. The zero-order chi connectivity index (χ0) is 15.5. The lowest BCUT2D eigenvalue weighted by Crippen LogP contribution is -2.14. The third kappa shape index (κ3) is 2.69. The highest BCUT2D eigenvalue weighted by molar-refractivity contribution is 5.92.